The van der Waals surface area contributed by atoms with Crippen LogP contribution in [0.2, 0.25) is 5.02 Å². The minimum absolute atomic E-state index is 0.438. The third kappa shape index (κ3) is 2.98. The van der Waals surface area contributed by atoms with Crippen LogP contribution in [0.25, 0.3) is 27.6 Å². The maximum absolute atomic E-state index is 6.27. The van der Waals surface area contributed by atoms with Gasteiger partial charge in [-0.3, -0.25) is 0 Å². The van der Waals surface area contributed by atoms with E-state index < -0.39 is 0 Å². The molecular formula is C19H16ClN5S. The quantitative estimate of drug-likeness (QED) is 0.547. The van der Waals surface area contributed by atoms with Crippen molar-refractivity contribution in [3.05, 3.63) is 64.0 Å². The molecule has 130 valence electrons. The number of aromatic nitrogens is 4. The van der Waals surface area contributed by atoms with E-state index >= 15 is 0 Å². The van der Waals surface area contributed by atoms with Crippen molar-refractivity contribution in [3.8, 4) is 27.6 Å². The summed E-state index contributed by atoms with van der Waals surface area (Å²) < 4.78 is 1.57. The van der Waals surface area contributed by atoms with Crippen LogP contribution in [-0.2, 0) is 0 Å². The van der Waals surface area contributed by atoms with E-state index in [-0.39, 0.29) is 0 Å². The molecule has 0 atom stereocenters. The molecule has 2 aromatic heterocycles. The molecule has 5 nitrogen and oxygen atoms in total. The average molecular weight is 382 g/mol. The lowest BCUT2D eigenvalue weighted by molar-refractivity contribution is 0.810. The van der Waals surface area contributed by atoms with Gasteiger partial charge in [0, 0.05) is 16.0 Å². The molecule has 0 bridgehead atoms. The largest absolute Gasteiger partial charge is 0.382 e. The van der Waals surface area contributed by atoms with Crippen molar-refractivity contribution in [3.63, 3.8) is 0 Å². The number of nitrogen functional groups attached to an aromatic ring is 1. The summed E-state index contributed by atoms with van der Waals surface area (Å²) in [5.74, 6) is 0.438. The third-order valence-corrected chi connectivity index (χ3v) is 5.35. The van der Waals surface area contributed by atoms with E-state index in [2.05, 4.69) is 42.4 Å². The van der Waals surface area contributed by atoms with Crippen LogP contribution in [0.3, 0.4) is 0 Å². The fraction of sp³-hybridized carbons (Fsp3) is 0.105. The predicted octanol–water partition coefficient (Wildman–Crippen LogP) is 4.91. The Hall–Kier alpha value is -2.70. The lowest BCUT2D eigenvalue weighted by Gasteiger charge is -2.03. The molecule has 2 heterocycles. The summed E-state index contributed by atoms with van der Waals surface area (Å²) in [5, 5.41) is 11.8. The molecule has 2 N–H and O–H groups in total. The first kappa shape index (κ1) is 16.8. The summed E-state index contributed by atoms with van der Waals surface area (Å²) in [6.07, 6.45) is 0. The zero-order valence-corrected chi connectivity index (χ0v) is 15.8. The average Bonchev–Trinajstić information content (AvgIpc) is 3.24. The van der Waals surface area contributed by atoms with Gasteiger partial charge in [0.05, 0.1) is 11.4 Å². The highest BCUT2D eigenvalue weighted by molar-refractivity contribution is 7.13. The maximum atomic E-state index is 6.27. The molecule has 0 aliphatic rings. The summed E-state index contributed by atoms with van der Waals surface area (Å²) in [5.41, 5.74) is 12.1. The molecule has 0 unspecified atom stereocenters. The molecule has 7 heteroatoms. The molecule has 4 aromatic rings. The normalized spacial score (nSPS) is 11.0. The van der Waals surface area contributed by atoms with E-state index in [9.17, 15) is 0 Å². The van der Waals surface area contributed by atoms with Crippen molar-refractivity contribution < 1.29 is 0 Å². The number of benzene rings is 2. The molecule has 0 fully saturated rings. The number of hydrogen-bond acceptors (Lipinski definition) is 5. The van der Waals surface area contributed by atoms with Gasteiger partial charge in [-0.2, -0.15) is 4.68 Å². The molecule has 0 saturated heterocycles. The molecule has 0 amide bonds. The van der Waals surface area contributed by atoms with Crippen molar-refractivity contribution in [1.29, 1.82) is 0 Å². The van der Waals surface area contributed by atoms with Gasteiger partial charge in [0.25, 0.3) is 0 Å². The van der Waals surface area contributed by atoms with Crippen molar-refractivity contribution in [1.82, 2.24) is 20.0 Å². The highest BCUT2D eigenvalue weighted by atomic mass is 35.5. The number of nitrogens with two attached hydrogens (primary N) is 1. The number of aryl methyl sites for hydroxylation is 2. The monoisotopic (exact) mass is 381 g/mol. The summed E-state index contributed by atoms with van der Waals surface area (Å²) in [4.78, 5) is 4.70. The Balaban J connectivity index is 1.71. The molecule has 0 radical (unpaired) electrons. The van der Waals surface area contributed by atoms with Gasteiger partial charge in [0.1, 0.15) is 5.01 Å². The SMILES string of the molecule is Cc1ccc(-c2csc(-c3nnn(-c4cccc(Cl)c4)c3N)n2)cc1C. The van der Waals surface area contributed by atoms with Crippen LogP contribution < -0.4 is 5.73 Å². The minimum atomic E-state index is 0.438. The van der Waals surface area contributed by atoms with Crippen LogP contribution in [0, 0.1) is 13.8 Å². The predicted molar refractivity (Wildman–Crippen MR) is 107 cm³/mol. The maximum Gasteiger partial charge on any atom is 0.165 e. The van der Waals surface area contributed by atoms with Gasteiger partial charge in [0.15, 0.2) is 11.5 Å². The molecule has 0 aliphatic heterocycles. The molecule has 0 spiro atoms. The summed E-state index contributed by atoms with van der Waals surface area (Å²) in [6.45, 7) is 4.20. The topological polar surface area (TPSA) is 69.6 Å². The van der Waals surface area contributed by atoms with E-state index in [1.807, 2.05) is 17.5 Å². The Bertz CT molecular complexity index is 1100. The first-order valence-electron chi connectivity index (χ1n) is 8.03. The van der Waals surface area contributed by atoms with Gasteiger partial charge in [0.2, 0.25) is 0 Å². The van der Waals surface area contributed by atoms with Crippen molar-refractivity contribution in [2.75, 3.05) is 5.73 Å². The standard InChI is InChI=1S/C19H16ClN5S/c1-11-6-7-13(8-12(11)2)16-10-26-19(22-16)17-18(21)25(24-23-17)15-5-3-4-14(20)9-15/h3-10H,21H2,1-2H3. The van der Waals surface area contributed by atoms with E-state index in [1.54, 1.807) is 16.8 Å². The van der Waals surface area contributed by atoms with Gasteiger partial charge in [-0.25, -0.2) is 4.98 Å². The van der Waals surface area contributed by atoms with E-state index in [1.165, 1.54) is 22.5 Å². The molecule has 2 aromatic carbocycles. The van der Waals surface area contributed by atoms with Crippen LogP contribution in [0.4, 0.5) is 5.82 Å². The Morgan fingerprint density at radius 2 is 1.92 bits per heavy atom. The highest BCUT2D eigenvalue weighted by Crippen LogP contribution is 2.32. The van der Waals surface area contributed by atoms with Crippen LogP contribution in [0.15, 0.2) is 47.8 Å². The number of nitrogens with zero attached hydrogens (tertiary/aromatic N) is 4. The molecule has 4 rings (SSSR count). The molecule has 26 heavy (non-hydrogen) atoms. The fourth-order valence-electron chi connectivity index (χ4n) is 2.66. The van der Waals surface area contributed by atoms with Crippen LogP contribution in [0.5, 0.6) is 0 Å². The Morgan fingerprint density at radius 3 is 2.69 bits per heavy atom. The van der Waals surface area contributed by atoms with Crippen molar-refractivity contribution >= 4 is 28.8 Å². The van der Waals surface area contributed by atoms with E-state index in [0.29, 0.717) is 16.5 Å². The Kier molecular flexibility index (Phi) is 4.22. The summed E-state index contributed by atoms with van der Waals surface area (Å²) >= 11 is 7.55. The number of anilines is 1. The molecule has 0 saturated carbocycles. The fourth-order valence-corrected chi connectivity index (χ4v) is 3.66. The lowest BCUT2D eigenvalue weighted by atomic mass is 10.1. The first-order valence-corrected chi connectivity index (χ1v) is 9.29. The van der Waals surface area contributed by atoms with Crippen molar-refractivity contribution in [2.24, 2.45) is 0 Å². The van der Waals surface area contributed by atoms with Gasteiger partial charge in [-0.05, 0) is 49.2 Å². The Morgan fingerprint density at radius 1 is 1.08 bits per heavy atom. The second-order valence-electron chi connectivity index (χ2n) is 6.05. The second kappa shape index (κ2) is 6.55. The van der Waals surface area contributed by atoms with E-state index in [4.69, 9.17) is 22.3 Å². The summed E-state index contributed by atoms with van der Waals surface area (Å²) in [7, 11) is 0. The third-order valence-electron chi connectivity index (χ3n) is 4.27. The number of rotatable bonds is 3. The lowest BCUT2D eigenvalue weighted by Crippen LogP contribution is -2.02. The van der Waals surface area contributed by atoms with Gasteiger partial charge in [-0.15, -0.1) is 16.4 Å². The zero-order valence-electron chi connectivity index (χ0n) is 14.3. The van der Waals surface area contributed by atoms with E-state index in [0.717, 1.165) is 22.0 Å². The molecule has 0 aliphatic carbocycles. The van der Waals surface area contributed by atoms with Gasteiger partial charge >= 0.3 is 0 Å². The number of hydrogen-bond donors (Lipinski definition) is 1. The Labute approximate surface area is 160 Å². The number of thiazole rings is 1. The minimum Gasteiger partial charge on any atom is -0.382 e. The first-order chi connectivity index (χ1) is 12.5. The van der Waals surface area contributed by atoms with Crippen LogP contribution in [0.1, 0.15) is 11.1 Å². The van der Waals surface area contributed by atoms with Gasteiger partial charge in [-0.1, -0.05) is 35.0 Å². The zero-order chi connectivity index (χ0) is 18.3. The van der Waals surface area contributed by atoms with Crippen molar-refractivity contribution in [2.45, 2.75) is 13.8 Å². The highest BCUT2D eigenvalue weighted by Gasteiger charge is 2.17. The number of halogens is 1. The molecular weight excluding hydrogens is 366 g/mol. The smallest absolute Gasteiger partial charge is 0.165 e. The van der Waals surface area contributed by atoms with Crippen LogP contribution in [-0.4, -0.2) is 20.0 Å². The van der Waals surface area contributed by atoms with Crippen LogP contribution >= 0.6 is 22.9 Å². The second-order valence-corrected chi connectivity index (χ2v) is 7.35. The summed E-state index contributed by atoms with van der Waals surface area (Å²) in [6, 6.07) is 13.6. The van der Waals surface area contributed by atoms with Gasteiger partial charge < -0.3 is 5.73 Å².